The molecule has 1 N–H and O–H groups in total. The molecule has 8 heteroatoms. The Morgan fingerprint density at radius 3 is 2.44 bits per heavy atom. The summed E-state index contributed by atoms with van der Waals surface area (Å²) in [6.07, 6.45) is 2.37. The van der Waals surface area contributed by atoms with Gasteiger partial charge in [-0.3, -0.25) is 4.79 Å². The summed E-state index contributed by atoms with van der Waals surface area (Å²) in [5.74, 6) is -0.417. The highest BCUT2D eigenvalue weighted by atomic mass is 32.1. The van der Waals surface area contributed by atoms with Gasteiger partial charge in [-0.15, -0.1) is 11.3 Å². The molecule has 2 heterocycles. The van der Waals surface area contributed by atoms with Crippen LogP contribution in [-0.2, 0) is 17.9 Å². The van der Waals surface area contributed by atoms with Crippen molar-refractivity contribution < 1.29 is 14.0 Å². The molecule has 0 radical (unpaired) electrons. The van der Waals surface area contributed by atoms with Crippen molar-refractivity contribution in [2.75, 3.05) is 39.3 Å². The Bertz CT molecular complexity index is 880. The molecule has 3 amide bonds. The van der Waals surface area contributed by atoms with Crippen molar-refractivity contribution in [3.8, 4) is 0 Å². The summed E-state index contributed by atoms with van der Waals surface area (Å²) in [4.78, 5) is 32.9. The molecule has 1 aliphatic rings. The molecule has 0 bridgehead atoms. The van der Waals surface area contributed by atoms with Crippen LogP contribution in [0.5, 0.6) is 0 Å². The van der Waals surface area contributed by atoms with Gasteiger partial charge in [-0.05, 0) is 74.5 Å². The van der Waals surface area contributed by atoms with E-state index in [2.05, 4.69) is 10.2 Å². The van der Waals surface area contributed by atoms with Gasteiger partial charge in [0.15, 0.2) is 0 Å². The van der Waals surface area contributed by atoms with Gasteiger partial charge in [0.2, 0.25) is 5.91 Å². The number of halogens is 1. The minimum absolute atomic E-state index is 0.0191. The largest absolute Gasteiger partial charge is 0.338 e. The lowest BCUT2D eigenvalue weighted by atomic mass is 10.2. The highest BCUT2D eigenvalue weighted by Crippen LogP contribution is 2.20. The van der Waals surface area contributed by atoms with Crippen molar-refractivity contribution in [3.63, 3.8) is 0 Å². The number of carbonyl (C=O) groups is 2. The summed E-state index contributed by atoms with van der Waals surface area (Å²) in [6.45, 7) is 8.65. The molecule has 174 valence electrons. The molecule has 6 nitrogen and oxygen atoms in total. The number of nitrogens with one attached hydrogen (secondary N) is 1. The third-order valence-electron chi connectivity index (χ3n) is 5.77. The number of nitrogens with zero attached hydrogens (tertiary/aromatic N) is 3. The summed E-state index contributed by atoms with van der Waals surface area (Å²) in [6, 6.07) is 8.04. The third-order valence-corrected chi connectivity index (χ3v) is 6.78. The van der Waals surface area contributed by atoms with E-state index < -0.39 is 0 Å². The van der Waals surface area contributed by atoms with Crippen molar-refractivity contribution in [3.05, 3.63) is 57.5 Å². The van der Waals surface area contributed by atoms with Gasteiger partial charge in [-0.25, -0.2) is 9.18 Å². The highest BCUT2D eigenvalue weighted by Gasteiger charge is 2.23. The van der Waals surface area contributed by atoms with Crippen LogP contribution in [-0.4, -0.2) is 65.9 Å². The standard InChI is InChI=1S/C24H33FN4O2S/c1-3-26-24(31)28(14-13-27-11-4-5-12-27)18-23(30)29(17-22-19(2)10-15-32-22)16-20-6-8-21(25)9-7-20/h6-10,15H,3-5,11-14,16-18H2,1-2H3,(H,26,31). The SMILES string of the molecule is CCNC(=O)N(CCN1CCCC1)CC(=O)N(Cc1ccc(F)cc1)Cc1sccc1C. The lowest BCUT2D eigenvalue weighted by molar-refractivity contribution is -0.133. The molecule has 1 aromatic carbocycles. The second-order valence-corrected chi connectivity index (χ2v) is 9.21. The predicted molar refractivity (Wildman–Crippen MR) is 126 cm³/mol. The summed E-state index contributed by atoms with van der Waals surface area (Å²) in [7, 11) is 0. The molecular formula is C24H33FN4O2S. The van der Waals surface area contributed by atoms with E-state index >= 15 is 0 Å². The van der Waals surface area contributed by atoms with Crippen LogP contribution < -0.4 is 5.32 Å². The topological polar surface area (TPSA) is 55.9 Å². The smallest absolute Gasteiger partial charge is 0.317 e. The fourth-order valence-corrected chi connectivity index (χ4v) is 4.75. The number of aryl methyl sites for hydroxylation is 1. The van der Waals surface area contributed by atoms with E-state index in [1.807, 2.05) is 25.3 Å². The Kier molecular flexibility index (Phi) is 9.05. The summed E-state index contributed by atoms with van der Waals surface area (Å²) >= 11 is 1.62. The van der Waals surface area contributed by atoms with Crippen molar-refractivity contribution in [2.45, 2.75) is 39.8 Å². The van der Waals surface area contributed by atoms with Gasteiger partial charge in [0, 0.05) is 31.1 Å². The van der Waals surface area contributed by atoms with Crippen LogP contribution in [0, 0.1) is 12.7 Å². The summed E-state index contributed by atoms with van der Waals surface area (Å²) in [5, 5.41) is 4.85. The monoisotopic (exact) mass is 460 g/mol. The van der Waals surface area contributed by atoms with Gasteiger partial charge in [-0.2, -0.15) is 0 Å². The van der Waals surface area contributed by atoms with Gasteiger partial charge < -0.3 is 20.0 Å². The first-order valence-corrected chi connectivity index (χ1v) is 12.1. The maximum atomic E-state index is 13.4. The number of carbonyl (C=O) groups excluding carboxylic acids is 2. The van der Waals surface area contributed by atoms with Crippen LogP contribution in [0.4, 0.5) is 9.18 Å². The van der Waals surface area contributed by atoms with Crippen molar-refractivity contribution in [1.82, 2.24) is 20.0 Å². The van der Waals surface area contributed by atoms with Crippen LogP contribution in [0.1, 0.15) is 35.8 Å². The number of hydrogen-bond donors (Lipinski definition) is 1. The summed E-state index contributed by atoms with van der Waals surface area (Å²) in [5.41, 5.74) is 2.00. The molecule has 3 rings (SSSR count). The van der Waals surface area contributed by atoms with Crippen LogP contribution in [0.15, 0.2) is 35.7 Å². The Balaban J connectivity index is 1.72. The lowest BCUT2D eigenvalue weighted by Gasteiger charge is -2.29. The van der Waals surface area contributed by atoms with Crippen LogP contribution in [0.2, 0.25) is 0 Å². The van der Waals surface area contributed by atoms with E-state index in [-0.39, 0.29) is 24.3 Å². The van der Waals surface area contributed by atoms with Gasteiger partial charge in [0.1, 0.15) is 12.4 Å². The zero-order chi connectivity index (χ0) is 22.9. The molecule has 2 aromatic rings. The number of thiophene rings is 1. The van der Waals surface area contributed by atoms with Crippen LogP contribution in [0.25, 0.3) is 0 Å². The molecule has 1 fully saturated rings. The molecule has 1 saturated heterocycles. The first-order valence-electron chi connectivity index (χ1n) is 11.3. The second-order valence-electron chi connectivity index (χ2n) is 8.21. The Morgan fingerprint density at radius 1 is 1.09 bits per heavy atom. The minimum atomic E-state index is -0.301. The van der Waals surface area contributed by atoms with Crippen molar-refractivity contribution in [2.24, 2.45) is 0 Å². The van der Waals surface area contributed by atoms with Gasteiger partial charge in [0.05, 0.1) is 6.54 Å². The van der Waals surface area contributed by atoms with E-state index in [1.54, 1.807) is 33.3 Å². The predicted octanol–water partition coefficient (Wildman–Crippen LogP) is 3.85. The first kappa shape index (κ1) is 24.2. The van der Waals surface area contributed by atoms with Gasteiger partial charge in [-0.1, -0.05) is 12.1 Å². The molecular weight excluding hydrogens is 427 g/mol. The van der Waals surface area contributed by atoms with E-state index in [9.17, 15) is 14.0 Å². The van der Waals surface area contributed by atoms with Crippen LogP contribution in [0.3, 0.4) is 0 Å². The number of benzene rings is 1. The Labute approximate surface area is 194 Å². The van der Waals surface area contributed by atoms with E-state index in [4.69, 9.17) is 0 Å². The molecule has 0 aliphatic carbocycles. The fraction of sp³-hybridized carbons (Fsp3) is 0.500. The number of urea groups is 1. The average Bonchev–Trinajstić information content (AvgIpc) is 3.44. The number of amides is 3. The zero-order valence-corrected chi connectivity index (χ0v) is 19.8. The molecule has 0 saturated carbocycles. The van der Waals surface area contributed by atoms with Crippen LogP contribution >= 0.6 is 11.3 Å². The maximum absolute atomic E-state index is 13.4. The molecule has 32 heavy (non-hydrogen) atoms. The van der Waals surface area contributed by atoms with Crippen molar-refractivity contribution >= 4 is 23.3 Å². The molecule has 0 spiro atoms. The zero-order valence-electron chi connectivity index (χ0n) is 19.0. The average molecular weight is 461 g/mol. The molecule has 0 atom stereocenters. The lowest BCUT2D eigenvalue weighted by Crippen LogP contribution is -2.48. The number of rotatable bonds is 10. The Morgan fingerprint density at radius 2 is 1.81 bits per heavy atom. The van der Waals surface area contributed by atoms with E-state index in [0.717, 1.165) is 35.6 Å². The fourth-order valence-electron chi connectivity index (χ4n) is 3.83. The highest BCUT2D eigenvalue weighted by molar-refractivity contribution is 7.10. The maximum Gasteiger partial charge on any atom is 0.317 e. The number of likely N-dealkylation sites (tertiary alicyclic amines) is 1. The first-order chi connectivity index (χ1) is 15.5. The van der Waals surface area contributed by atoms with E-state index in [1.165, 1.54) is 25.0 Å². The minimum Gasteiger partial charge on any atom is -0.338 e. The van der Waals surface area contributed by atoms with Gasteiger partial charge in [0.25, 0.3) is 0 Å². The third kappa shape index (κ3) is 7.03. The van der Waals surface area contributed by atoms with E-state index in [0.29, 0.717) is 26.2 Å². The molecule has 1 aromatic heterocycles. The summed E-state index contributed by atoms with van der Waals surface area (Å²) < 4.78 is 13.4. The Hall–Kier alpha value is -2.45. The number of hydrogen-bond acceptors (Lipinski definition) is 4. The normalized spacial score (nSPS) is 13.8. The van der Waals surface area contributed by atoms with Crippen molar-refractivity contribution in [1.29, 1.82) is 0 Å². The molecule has 0 unspecified atom stereocenters. The second kappa shape index (κ2) is 12.0. The quantitative estimate of drug-likeness (QED) is 0.586. The van der Waals surface area contributed by atoms with Gasteiger partial charge >= 0.3 is 6.03 Å². The molecule has 1 aliphatic heterocycles.